The molecular formula is C11H8ClNO2. The zero-order chi connectivity index (χ0) is 10.7. The smallest absolute Gasteiger partial charge is 0.156 e. The average Bonchev–Trinajstić information content (AvgIpc) is 2.68. The van der Waals surface area contributed by atoms with Crippen LogP contribution in [0.4, 0.5) is 0 Å². The van der Waals surface area contributed by atoms with Gasteiger partial charge in [0, 0.05) is 10.6 Å². The molecule has 0 atom stereocenters. The van der Waals surface area contributed by atoms with Crippen LogP contribution in [-0.4, -0.2) is 11.4 Å². The predicted octanol–water partition coefficient (Wildman–Crippen LogP) is 3.41. The van der Waals surface area contributed by atoms with E-state index in [9.17, 15) is 0 Å². The number of nitrogens with zero attached hydrogens (tertiary/aromatic N) is 1. The molecule has 0 spiro atoms. The molecule has 0 aliphatic rings. The number of furan rings is 1. The summed E-state index contributed by atoms with van der Waals surface area (Å²) in [7, 11) is 0. The topological polar surface area (TPSA) is 45.7 Å². The maximum Gasteiger partial charge on any atom is 0.156 e. The van der Waals surface area contributed by atoms with Gasteiger partial charge in [0.25, 0.3) is 0 Å². The Morgan fingerprint density at radius 2 is 1.93 bits per heavy atom. The molecule has 0 amide bonds. The van der Waals surface area contributed by atoms with Gasteiger partial charge in [0.15, 0.2) is 5.76 Å². The minimum Gasteiger partial charge on any atom is -0.463 e. The second-order valence-corrected chi connectivity index (χ2v) is 3.39. The van der Waals surface area contributed by atoms with Crippen LogP contribution in [0.3, 0.4) is 0 Å². The molecular weight excluding hydrogens is 214 g/mol. The summed E-state index contributed by atoms with van der Waals surface area (Å²) in [6, 6.07) is 9.15. The van der Waals surface area contributed by atoms with Crippen molar-refractivity contribution in [2.24, 2.45) is 5.16 Å². The molecule has 0 unspecified atom stereocenters. The fourth-order valence-electron chi connectivity index (χ4n) is 1.34. The molecule has 2 rings (SSSR count). The molecule has 76 valence electrons. The van der Waals surface area contributed by atoms with Gasteiger partial charge in [0.1, 0.15) is 6.21 Å². The summed E-state index contributed by atoms with van der Waals surface area (Å²) in [5, 5.41) is 12.1. The minimum atomic E-state index is 0.514. The first-order chi connectivity index (χ1) is 7.31. The average molecular weight is 222 g/mol. The lowest BCUT2D eigenvalue weighted by Gasteiger charge is -1.98. The first-order valence-corrected chi connectivity index (χ1v) is 4.70. The Kier molecular flexibility index (Phi) is 2.74. The molecule has 2 aromatic rings. The van der Waals surface area contributed by atoms with Gasteiger partial charge in [-0.05, 0) is 23.8 Å². The van der Waals surface area contributed by atoms with Crippen molar-refractivity contribution in [2.45, 2.75) is 0 Å². The van der Waals surface area contributed by atoms with Gasteiger partial charge in [-0.3, -0.25) is 0 Å². The summed E-state index contributed by atoms with van der Waals surface area (Å²) in [5.41, 5.74) is 1.83. The first-order valence-electron chi connectivity index (χ1n) is 4.32. The van der Waals surface area contributed by atoms with E-state index in [4.69, 9.17) is 21.2 Å². The number of halogens is 1. The van der Waals surface area contributed by atoms with E-state index in [-0.39, 0.29) is 0 Å². The fraction of sp³-hybridized carbons (Fsp3) is 0. The Labute approximate surface area is 91.6 Å². The van der Waals surface area contributed by atoms with Gasteiger partial charge >= 0.3 is 0 Å². The molecule has 0 aliphatic carbocycles. The Morgan fingerprint density at radius 3 is 2.60 bits per heavy atom. The third kappa shape index (κ3) is 2.02. The van der Waals surface area contributed by atoms with Gasteiger partial charge in [-0.2, -0.15) is 0 Å². The monoisotopic (exact) mass is 221 g/mol. The number of oxime groups is 1. The number of hydrogen-bond acceptors (Lipinski definition) is 3. The molecule has 0 bridgehead atoms. The Morgan fingerprint density at radius 1 is 1.20 bits per heavy atom. The third-order valence-corrected chi connectivity index (χ3v) is 2.28. The quantitative estimate of drug-likeness (QED) is 0.480. The lowest BCUT2D eigenvalue weighted by molar-refractivity contribution is 0.320. The highest BCUT2D eigenvalue weighted by Gasteiger charge is 2.06. The molecule has 0 fully saturated rings. The highest BCUT2D eigenvalue weighted by atomic mass is 35.5. The number of hydrogen-bond donors (Lipinski definition) is 1. The molecule has 15 heavy (non-hydrogen) atoms. The van der Waals surface area contributed by atoms with Crippen LogP contribution in [0.1, 0.15) is 5.76 Å². The van der Waals surface area contributed by atoms with Crippen molar-refractivity contribution in [1.29, 1.82) is 0 Å². The van der Waals surface area contributed by atoms with Gasteiger partial charge in [0.05, 0.1) is 6.26 Å². The lowest BCUT2D eigenvalue weighted by Crippen LogP contribution is -1.82. The molecule has 1 aromatic heterocycles. The van der Waals surface area contributed by atoms with Crippen LogP contribution >= 0.6 is 11.6 Å². The summed E-state index contributed by atoms with van der Waals surface area (Å²) in [5.74, 6) is 0.514. The van der Waals surface area contributed by atoms with Crippen molar-refractivity contribution in [3.8, 4) is 11.1 Å². The van der Waals surface area contributed by atoms with E-state index < -0.39 is 0 Å². The zero-order valence-electron chi connectivity index (χ0n) is 7.72. The molecule has 3 nitrogen and oxygen atoms in total. The summed E-state index contributed by atoms with van der Waals surface area (Å²) in [6.45, 7) is 0. The van der Waals surface area contributed by atoms with E-state index in [2.05, 4.69) is 5.16 Å². The van der Waals surface area contributed by atoms with E-state index in [1.54, 1.807) is 24.5 Å². The lowest BCUT2D eigenvalue weighted by atomic mass is 10.1. The molecule has 1 N–H and O–H groups in total. The van der Waals surface area contributed by atoms with Crippen molar-refractivity contribution >= 4 is 17.8 Å². The van der Waals surface area contributed by atoms with Gasteiger partial charge in [-0.15, -0.1) is 0 Å². The molecule has 0 aliphatic heterocycles. The maximum absolute atomic E-state index is 8.44. The Bertz CT molecular complexity index is 474. The summed E-state index contributed by atoms with van der Waals surface area (Å²) in [4.78, 5) is 0. The van der Waals surface area contributed by atoms with Gasteiger partial charge in [-0.1, -0.05) is 28.9 Å². The van der Waals surface area contributed by atoms with Crippen molar-refractivity contribution < 1.29 is 9.62 Å². The van der Waals surface area contributed by atoms with E-state index in [1.165, 1.54) is 6.21 Å². The highest BCUT2D eigenvalue weighted by Crippen LogP contribution is 2.25. The molecule has 0 radical (unpaired) electrons. The molecule has 4 heteroatoms. The van der Waals surface area contributed by atoms with Gasteiger partial charge in [0.2, 0.25) is 0 Å². The van der Waals surface area contributed by atoms with Crippen molar-refractivity contribution in [3.05, 3.63) is 47.4 Å². The van der Waals surface area contributed by atoms with Gasteiger partial charge < -0.3 is 9.62 Å². The van der Waals surface area contributed by atoms with Crippen molar-refractivity contribution in [1.82, 2.24) is 0 Å². The Hall–Kier alpha value is -1.74. The van der Waals surface area contributed by atoms with Crippen molar-refractivity contribution in [3.63, 3.8) is 0 Å². The van der Waals surface area contributed by atoms with Gasteiger partial charge in [-0.25, -0.2) is 0 Å². The fourth-order valence-corrected chi connectivity index (χ4v) is 1.47. The van der Waals surface area contributed by atoms with Crippen LogP contribution in [0.15, 0.2) is 46.2 Å². The molecule has 1 heterocycles. The van der Waals surface area contributed by atoms with Crippen LogP contribution in [0.2, 0.25) is 5.02 Å². The maximum atomic E-state index is 8.44. The largest absolute Gasteiger partial charge is 0.463 e. The molecule has 0 saturated carbocycles. The second kappa shape index (κ2) is 4.19. The summed E-state index contributed by atoms with van der Waals surface area (Å²) >= 11 is 5.78. The van der Waals surface area contributed by atoms with Crippen LogP contribution < -0.4 is 0 Å². The Balaban J connectivity index is 2.44. The van der Waals surface area contributed by atoms with E-state index in [1.807, 2.05) is 12.1 Å². The van der Waals surface area contributed by atoms with E-state index in [0.29, 0.717) is 10.8 Å². The van der Waals surface area contributed by atoms with E-state index >= 15 is 0 Å². The van der Waals surface area contributed by atoms with Crippen molar-refractivity contribution in [2.75, 3.05) is 0 Å². The van der Waals surface area contributed by atoms with E-state index in [0.717, 1.165) is 11.1 Å². The second-order valence-electron chi connectivity index (χ2n) is 2.95. The SMILES string of the molecule is ON=Cc1occc1-c1ccc(Cl)cc1. The zero-order valence-corrected chi connectivity index (χ0v) is 8.48. The van der Waals surface area contributed by atoms with Crippen LogP contribution in [0.5, 0.6) is 0 Å². The highest BCUT2D eigenvalue weighted by molar-refractivity contribution is 6.30. The summed E-state index contributed by atoms with van der Waals surface area (Å²) < 4.78 is 5.15. The van der Waals surface area contributed by atoms with Crippen LogP contribution in [-0.2, 0) is 0 Å². The number of benzene rings is 1. The standard InChI is InChI=1S/C11H8ClNO2/c12-9-3-1-8(2-4-9)10-5-6-15-11(10)7-13-14/h1-7,14H. The predicted molar refractivity (Wildman–Crippen MR) is 58.5 cm³/mol. The molecule has 1 aromatic carbocycles. The summed E-state index contributed by atoms with van der Waals surface area (Å²) in [6.07, 6.45) is 2.80. The molecule has 0 saturated heterocycles. The minimum absolute atomic E-state index is 0.514. The van der Waals surface area contributed by atoms with Crippen LogP contribution in [0.25, 0.3) is 11.1 Å². The third-order valence-electron chi connectivity index (χ3n) is 2.03. The normalized spacial score (nSPS) is 11.0. The first kappa shape index (κ1) is 9.80. The van der Waals surface area contributed by atoms with Crippen LogP contribution in [0, 0.1) is 0 Å². The number of rotatable bonds is 2.